The van der Waals surface area contributed by atoms with Crippen LogP contribution in [-0.2, 0) is 6.54 Å². The Bertz CT molecular complexity index is 648. The quantitative estimate of drug-likeness (QED) is 0.670. The fourth-order valence-corrected chi connectivity index (χ4v) is 2.32. The number of hydrogen-bond donors (Lipinski definition) is 1. The van der Waals surface area contributed by atoms with Gasteiger partial charge in [0.25, 0.3) is 0 Å². The van der Waals surface area contributed by atoms with Crippen LogP contribution >= 0.6 is 0 Å². The highest BCUT2D eigenvalue weighted by Crippen LogP contribution is 2.29. The van der Waals surface area contributed by atoms with Gasteiger partial charge in [0, 0.05) is 18.3 Å². The Morgan fingerprint density at radius 1 is 1.14 bits per heavy atom. The van der Waals surface area contributed by atoms with Gasteiger partial charge in [-0.1, -0.05) is 29.3 Å². The molecule has 0 bridgehead atoms. The van der Waals surface area contributed by atoms with Gasteiger partial charge in [0.2, 0.25) is 0 Å². The van der Waals surface area contributed by atoms with E-state index in [0.717, 1.165) is 5.56 Å². The average Bonchev–Trinajstić information content (AvgIpc) is 2.43. The third kappa shape index (κ3) is 3.72. The summed E-state index contributed by atoms with van der Waals surface area (Å²) in [7, 11) is 1.42. The van der Waals surface area contributed by atoms with Crippen molar-refractivity contribution in [3.05, 3.63) is 63.2 Å². The molecule has 2 aromatic rings. The summed E-state index contributed by atoms with van der Waals surface area (Å²) in [5.41, 5.74) is 4.20. The van der Waals surface area contributed by atoms with Gasteiger partial charge >= 0.3 is 5.69 Å². The van der Waals surface area contributed by atoms with E-state index >= 15 is 0 Å². The van der Waals surface area contributed by atoms with Crippen LogP contribution in [-0.4, -0.2) is 12.0 Å². The summed E-state index contributed by atoms with van der Waals surface area (Å²) < 4.78 is 4.99. The highest BCUT2D eigenvalue weighted by Gasteiger charge is 2.14. The maximum Gasteiger partial charge on any atom is 0.312 e. The van der Waals surface area contributed by atoms with Gasteiger partial charge in [0.1, 0.15) is 0 Å². The summed E-state index contributed by atoms with van der Waals surface area (Å²) in [4.78, 5) is 10.6. The molecule has 0 aliphatic rings. The lowest BCUT2D eigenvalue weighted by Gasteiger charge is -2.09. The number of methoxy groups -OCH3 is 1. The number of rotatable bonds is 5. The van der Waals surface area contributed by atoms with Crippen molar-refractivity contribution in [3.8, 4) is 5.75 Å². The first-order valence-electron chi connectivity index (χ1n) is 6.63. The lowest BCUT2D eigenvalue weighted by Crippen LogP contribution is -2.01. The van der Waals surface area contributed by atoms with Crippen LogP contribution in [0.2, 0.25) is 0 Å². The number of nitrogens with zero attached hydrogens (tertiary/aromatic N) is 1. The molecule has 1 N–H and O–H groups in total. The standard InChI is InChI=1S/C16H18N2O3/c1-11-6-12(2)8-13(7-11)10-17-14-4-5-16(21-3)15(9-14)18(19)20/h4-9,17H,10H2,1-3H3. The zero-order valence-corrected chi connectivity index (χ0v) is 12.3. The van der Waals surface area contributed by atoms with Gasteiger partial charge in [-0.2, -0.15) is 0 Å². The summed E-state index contributed by atoms with van der Waals surface area (Å²) in [6.45, 7) is 4.72. The zero-order chi connectivity index (χ0) is 15.4. The Kier molecular flexibility index (Phi) is 4.42. The van der Waals surface area contributed by atoms with Crippen LogP contribution < -0.4 is 10.1 Å². The smallest absolute Gasteiger partial charge is 0.312 e. The van der Waals surface area contributed by atoms with Crippen molar-refractivity contribution >= 4 is 11.4 Å². The van der Waals surface area contributed by atoms with Gasteiger partial charge in [-0.05, 0) is 31.5 Å². The highest BCUT2D eigenvalue weighted by atomic mass is 16.6. The molecule has 0 amide bonds. The molecule has 0 saturated carbocycles. The van der Waals surface area contributed by atoms with E-state index in [-0.39, 0.29) is 11.4 Å². The zero-order valence-electron chi connectivity index (χ0n) is 12.3. The summed E-state index contributed by atoms with van der Waals surface area (Å²) >= 11 is 0. The van der Waals surface area contributed by atoms with Gasteiger partial charge in [0.15, 0.2) is 5.75 Å². The van der Waals surface area contributed by atoms with Gasteiger partial charge in [-0.15, -0.1) is 0 Å². The van der Waals surface area contributed by atoms with E-state index in [0.29, 0.717) is 12.2 Å². The van der Waals surface area contributed by atoms with Crippen molar-refractivity contribution < 1.29 is 9.66 Å². The minimum atomic E-state index is -0.444. The Labute approximate surface area is 123 Å². The predicted octanol–water partition coefficient (Wildman–Crippen LogP) is 3.83. The molecule has 0 fully saturated rings. The first-order valence-corrected chi connectivity index (χ1v) is 6.63. The molecular formula is C16H18N2O3. The molecule has 0 atom stereocenters. The SMILES string of the molecule is COc1ccc(NCc2cc(C)cc(C)c2)cc1[N+](=O)[O-]. The lowest BCUT2D eigenvalue weighted by molar-refractivity contribution is -0.385. The fraction of sp³-hybridized carbons (Fsp3) is 0.250. The highest BCUT2D eigenvalue weighted by molar-refractivity contribution is 5.58. The molecule has 21 heavy (non-hydrogen) atoms. The maximum absolute atomic E-state index is 11.0. The van der Waals surface area contributed by atoms with E-state index in [1.54, 1.807) is 12.1 Å². The molecule has 110 valence electrons. The molecule has 0 spiro atoms. The van der Waals surface area contributed by atoms with E-state index < -0.39 is 4.92 Å². The minimum absolute atomic E-state index is 0.0390. The van der Waals surface area contributed by atoms with Crippen molar-refractivity contribution in [2.24, 2.45) is 0 Å². The number of nitro benzene ring substituents is 1. The summed E-state index contributed by atoms with van der Waals surface area (Å²) in [5, 5.41) is 14.2. The Balaban J connectivity index is 2.16. The molecule has 5 heteroatoms. The van der Waals surface area contributed by atoms with E-state index in [9.17, 15) is 10.1 Å². The van der Waals surface area contributed by atoms with E-state index in [1.807, 2.05) is 0 Å². The summed E-state index contributed by atoms with van der Waals surface area (Å²) in [6.07, 6.45) is 0. The van der Waals surface area contributed by atoms with E-state index in [1.165, 1.54) is 24.3 Å². The normalized spacial score (nSPS) is 10.2. The second-order valence-corrected chi connectivity index (χ2v) is 4.99. The number of ether oxygens (including phenoxy) is 1. The maximum atomic E-state index is 11.0. The molecule has 0 unspecified atom stereocenters. The van der Waals surface area contributed by atoms with Gasteiger partial charge in [-0.3, -0.25) is 10.1 Å². The Morgan fingerprint density at radius 2 is 1.81 bits per heavy atom. The fourth-order valence-electron chi connectivity index (χ4n) is 2.32. The molecule has 0 radical (unpaired) electrons. The van der Waals surface area contributed by atoms with Crippen molar-refractivity contribution in [2.45, 2.75) is 20.4 Å². The molecule has 2 rings (SSSR count). The Hall–Kier alpha value is -2.56. The molecule has 0 heterocycles. The Morgan fingerprint density at radius 3 is 2.38 bits per heavy atom. The topological polar surface area (TPSA) is 64.4 Å². The second kappa shape index (κ2) is 6.26. The van der Waals surface area contributed by atoms with Crippen molar-refractivity contribution in [2.75, 3.05) is 12.4 Å². The van der Waals surface area contributed by atoms with Gasteiger partial charge in [0.05, 0.1) is 12.0 Å². The number of nitro groups is 1. The van der Waals surface area contributed by atoms with Crippen molar-refractivity contribution in [3.63, 3.8) is 0 Å². The van der Waals surface area contributed by atoms with Gasteiger partial charge < -0.3 is 10.1 Å². The molecule has 0 aliphatic carbocycles. The average molecular weight is 286 g/mol. The van der Waals surface area contributed by atoms with Crippen LogP contribution in [0.15, 0.2) is 36.4 Å². The number of anilines is 1. The molecule has 0 aliphatic heterocycles. The third-order valence-corrected chi connectivity index (χ3v) is 3.15. The van der Waals surface area contributed by atoms with Crippen LogP contribution in [0.4, 0.5) is 11.4 Å². The van der Waals surface area contributed by atoms with Crippen LogP contribution in [0.25, 0.3) is 0 Å². The molecule has 0 aromatic heterocycles. The van der Waals surface area contributed by atoms with Gasteiger partial charge in [-0.25, -0.2) is 0 Å². The monoisotopic (exact) mass is 286 g/mol. The molecular weight excluding hydrogens is 268 g/mol. The molecule has 0 saturated heterocycles. The van der Waals surface area contributed by atoms with E-state index in [2.05, 4.69) is 37.4 Å². The predicted molar refractivity (Wildman–Crippen MR) is 82.9 cm³/mol. The van der Waals surface area contributed by atoms with Crippen LogP contribution in [0.1, 0.15) is 16.7 Å². The number of aryl methyl sites for hydroxylation is 2. The number of nitrogens with one attached hydrogen (secondary N) is 1. The number of hydrogen-bond acceptors (Lipinski definition) is 4. The van der Waals surface area contributed by atoms with Crippen LogP contribution in [0.5, 0.6) is 5.75 Å². The van der Waals surface area contributed by atoms with Crippen LogP contribution in [0, 0.1) is 24.0 Å². The first-order chi connectivity index (χ1) is 9.99. The van der Waals surface area contributed by atoms with E-state index in [4.69, 9.17) is 4.74 Å². The van der Waals surface area contributed by atoms with Crippen molar-refractivity contribution in [1.29, 1.82) is 0 Å². The van der Waals surface area contributed by atoms with Crippen molar-refractivity contribution in [1.82, 2.24) is 0 Å². The van der Waals surface area contributed by atoms with Crippen LogP contribution in [0.3, 0.4) is 0 Å². The molecule has 2 aromatic carbocycles. The first kappa shape index (κ1) is 14.8. The summed E-state index contributed by atoms with van der Waals surface area (Å²) in [5.74, 6) is 0.261. The second-order valence-electron chi connectivity index (χ2n) is 4.99. The minimum Gasteiger partial charge on any atom is -0.490 e. The third-order valence-electron chi connectivity index (χ3n) is 3.15. The lowest BCUT2D eigenvalue weighted by atomic mass is 10.1. The largest absolute Gasteiger partial charge is 0.490 e. The molecule has 5 nitrogen and oxygen atoms in total. The number of benzene rings is 2. The summed E-state index contributed by atoms with van der Waals surface area (Å²) in [6, 6.07) is 11.2.